The molecule has 0 heterocycles. The predicted molar refractivity (Wildman–Crippen MR) is 138 cm³/mol. The van der Waals surface area contributed by atoms with Crippen LogP contribution >= 0.6 is 69.6 Å². The molecule has 0 radical (unpaired) electrons. The largest absolute Gasteiger partial charge is 1.00 e. The first kappa shape index (κ1) is 37.7. The van der Waals surface area contributed by atoms with Gasteiger partial charge in [-0.15, -0.1) is 69.6 Å². The minimum atomic E-state index is -3.98. The first-order valence-electron chi connectivity index (χ1n) is 11.1. The Morgan fingerprint density at radius 3 is 1.30 bits per heavy atom. The minimum absolute atomic E-state index is 0. The molecule has 0 aromatic carbocycles. The monoisotopic (exact) mass is 622 g/mol. The molecule has 0 saturated heterocycles. The van der Waals surface area contributed by atoms with Crippen molar-refractivity contribution in [3.05, 3.63) is 0 Å². The number of rotatable bonds is 15. The van der Waals surface area contributed by atoms with Crippen LogP contribution in [0.1, 0.15) is 79.5 Å². The van der Waals surface area contributed by atoms with Gasteiger partial charge >= 0.3 is 40.0 Å². The zero-order valence-electron chi connectivity index (χ0n) is 20.7. The number of alkyl halides is 6. The molecule has 0 bridgehead atoms. The van der Waals surface area contributed by atoms with Crippen molar-refractivity contribution in [1.82, 2.24) is 0 Å². The Kier molecular flexibility index (Phi) is 25.8. The van der Waals surface area contributed by atoms with E-state index in [9.17, 15) is 8.42 Å². The van der Waals surface area contributed by atoms with Crippen molar-refractivity contribution in [2.24, 2.45) is 0 Å². The van der Waals surface area contributed by atoms with Gasteiger partial charge in [0.1, 0.15) is 0 Å². The van der Waals surface area contributed by atoms with E-state index >= 15 is 0 Å². The summed E-state index contributed by atoms with van der Waals surface area (Å²) in [5.41, 5.74) is 0. The summed E-state index contributed by atoms with van der Waals surface area (Å²) in [5, 5.41) is -2.62. The van der Waals surface area contributed by atoms with Gasteiger partial charge in [0.25, 0.3) is 0 Å². The predicted octanol–water partition coefficient (Wildman–Crippen LogP) is 4.90. The molecule has 0 N–H and O–H groups in total. The van der Waals surface area contributed by atoms with Crippen molar-refractivity contribution >= 4 is 80.0 Å². The Balaban J connectivity index is -0.000000590. The van der Waals surface area contributed by atoms with Crippen LogP contribution in [0.5, 0.6) is 0 Å². The van der Waals surface area contributed by atoms with Crippen molar-refractivity contribution in [2.75, 3.05) is 13.2 Å². The summed E-state index contributed by atoms with van der Waals surface area (Å²) in [5.74, 6) is 0. The molecular formula is C20H37Cl6NaO5S. The zero-order valence-corrected chi connectivity index (χ0v) is 27.0. The van der Waals surface area contributed by atoms with E-state index in [0.29, 0.717) is 0 Å². The van der Waals surface area contributed by atoms with Crippen LogP contribution < -0.4 is 29.6 Å². The van der Waals surface area contributed by atoms with Gasteiger partial charge < -0.3 is 1.43 Å². The fourth-order valence-corrected chi connectivity index (χ4v) is 5.83. The molecule has 0 aliphatic heterocycles. The molecule has 13 heteroatoms. The van der Waals surface area contributed by atoms with Crippen LogP contribution in [-0.4, -0.2) is 53.9 Å². The van der Waals surface area contributed by atoms with Crippen molar-refractivity contribution in [3.63, 3.8) is 0 Å². The quantitative estimate of drug-likeness (QED) is 0.0853. The van der Waals surface area contributed by atoms with Gasteiger partial charge in [-0.1, -0.05) is 69.0 Å². The first-order valence-corrected chi connectivity index (χ1v) is 15.1. The fraction of sp³-hybridized carbons (Fsp3) is 1.00. The average molecular weight is 625 g/mol. The minimum Gasteiger partial charge on any atom is -1.00 e. The van der Waals surface area contributed by atoms with E-state index in [1.54, 1.807) is 6.92 Å². The van der Waals surface area contributed by atoms with E-state index in [-0.39, 0.29) is 44.2 Å². The second kappa shape index (κ2) is 22.5. The second-order valence-electron chi connectivity index (χ2n) is 7.55. The summed E-state index contributed by atoms with van der Waals surface area (Å²) >= 11 is 35.3. The number of unbranched alkanes of at least 4 members (excludes halogenated alkanes) is 9. The summed E-state index contributed by atoms with van der Waals surface area (Å²) in [6.45, 7) is 4.19. The summed E-state index contributed by atoms with van der Waals surface area (Å²) in [7, 11) is -3.98. The Morgan fingerprint density at radius 2 is 0.970 bits per heavy atom. The van der Waals surface area contributed by atoms with Crippen molar-refractivity contribution < 1.29 is 52.8 Å². The Labute approximate surface area is 254 Å². The van der Waals surface area contributed by atoms with Crippen LogP contribution in [0.4, 0.5) is 0 Å². The molecule has 0 aromatic rings. The van der Waals surface area contributed by atoms with Crippen molar-refractivity contribution in [3.8, 4) is 0 Å². The molecule has 1 aliphatic rings. The van der Waals surface area contributed by atoms with Gasteiger partial charge in [0, 0.05) is 0 Å². The third-order valence-electron chi connectivity index (χ3n) is 4.80. The van der Waals surface area contributed by atoms with Gasteiger partial charge in [0.05, 0.1) is 45.5 Å². The zero-order chi connectivity index (χ0) is 24.6. The summed E-state index contributed by atoms with van der Waals surface area (Å²) in [6.07, 6.45) is 12.0. The topological polar surface area (TPSA) is 61.8 Å². The molecular weight excluding hydrogens is 588 g/mol. The SMILES string of the molecule is CCCCCCCCCCCCOS(=O)(=O)OOCC.ClC1C(Cl)C(Cl)C(Cl)C(Cl)C1Cl.[H-].[Na+]. The summed E-state index contributed by atoms with van der Waals surface area (Å²) in [6, 6.07) is 0. The molecule has 1 saturated carbocycles. The molecule has 0 amide bonds. The standard InChI is InChI=1S/C14H30O5S.C6H6Cl6.Na.H/c1-3-5-6-7-8-9-10-11-12-13-14-18-20(15,16)19-17-4-2;7-1-2(8)4(10)6(12)5(11)3(1)9;;/h3-14H2,1-2H3;1-6H;;/q;;+1;-1. The van der Waals surface area contributed by atoms with E-state index in [1.165, 1.54) is 44.9 Å². The molecule has 1 fully saturated rings. The van der Waals surface area contributed by atoms with E-state index < -0.39 is 42.7 Å². The van der Waals surface area contributed by atoms with E-state index in [2.05, 4.69) is 20.3 Å². The smallest absolute Gasteiger partial charge is 1.00 e. The Bertz CT molecular complexity index is 511. The summed E-state index contributed by atoms with van der Waals surface area (Å²) in [4.78, 5) is 4.34. The number of halogens is 6. The van der Waals surface area contributed by atoms with Crippen LogP contribution in [0.2, 0.25) is 0 Å². The first-order chi connectivity index (χ1) is 15.1. The van der Waals surface area contributed by atoms with Crippen molar-refractivity contribution in [2.45, 2.75) is 110 Å². The maximum absolute atomic E-state index is 11.1. The van der Waals surface area contributed by atoms with Gasteiger partial charge in [-0.25, -0.2) is 9.07 Å². The van der Waals surface area contributed by atoms with Gasteiger partial charge in [-0.05, 0) is 13.3 Å². The van der Waals surface area contributed by atoms with E-state index in [4.69, 9.17) is 69.6 Å². The van der Waals surface area contributed by atoms with Crippen LogP contribution in [-0.2, 0) is 23.8 Å². The fourth-order valence-electron chi connectivity index (χ4n) is 2.93. The number of hydrogen-bond donors (Lipinski definition) is 0. The average Bonchev–Trinajstić information content (AvgIpc) is 2.77. The maximum atomic E-state index is 11.1. The molecule has 33 heavy (non-hydrogen) atoms. The van der Waals surface area contributed by atoms with E-state index in [0.717, 1.165) is 19.3 Å². The second-order valence-corrected chi connectivity index (χ2v) is 11.8. The van der Waals surface area contributed by atoms with Gasteiger partial charge in [-0.2, -0.15) is 8.42 Å². The summed E-state index contributed by atoms with van der Waals surface area (Å²) < 4.78 is 30.9. The molecule has 1 rings (SSSR count). The van der Waals surface area contributed by atoms with E-state index in [1.807, 2.05) is 0 Å². The maximum Gasteiger partial charge on any atom is 1.00 e. The van der Waals surface area contributed by atoms with Crippen LogP contribution in [0.25, 0.3) is 0 Å². The molecule has 0 aromatic heterocycles. The molecule has 0 atom stereocenters. The van der Waals surface area contributed by atoms with Gasteiger partial charge in [0.15, 0.2) is 0 Å². The van der Waals surface area contributed by atoms with Crippen LogP contribution in [0.3, 0.4) is 0 Å². The molecule has 5 nitrogen and oxygen atoms in total. The third-order valence-corrected chi connectivity index (χ3v) is 9.55. The normalized spacial score (nSPS) is 27.4. The van der Waals surface area contributed by atoms with Crippen molar-refractivity contribution in [1.29, 1.82) is 0 Å². The number of hydrogen-bond acceptors (Lipinski definition) is 5. The van der Waals surface area contributed by atoms with Gasteiger partial charge in [-0.3, -0.25) is 0 Å². The molecule has 196 valence electrons. The third kappa shape index (κ3) is 17.7. The van der Waals surface area contributed by atoms with Crippen LogP contribution in [0, 0.1) is 0 Å². The molecule has 1 aliphatic carbocycles. The Hall–Kier alpha value is 2.57. The van der Waals surface area contributed by atoms with Crippen LogP contribution in [0.15, 0.2) is 0 Å². The Morgan fingerprint density at radius 1 is 0.636 bits per heavy atom. The molecule has 0 unspecified atom stereocenters. The molecule has 0 spiro atoms. The van der Waals surface area contributed by atoms with Gasteiger partial charge in [0.2, 0.25) is 0 Å².